The Bertz CT molecular complexity index is 128. The summed E-state index contributed by atoms with van der Waals surface area (Å²) in [4.78, 5) is 0. The predicted octanol–water partition coefficient (Wildman–Crippen LogP) is 3.61. The van der Waals surface area contributed by atoms with Gasteiger partial charge < -0.3 is 0 Å². The van der Waals surface area contributed by atoms with E-state index in [4.69, 9.17) is 0 Å². The van der Waals surface area contributed by atoms with E-state index in [1.165, 1.54) is 10.2 Å². The van der Waals surface area contributed by atoms with E-state index in [1.54, 1.807) is 0 Å². The van der Waals surface area contributed by atoms with Crippen LogP contribution in [-0.2, 0) is 0 Å². The summed E-state index contributed by atoms with van der Waals surface area (Å²) in [5, 5.41) is 4.54. The molecule has 0 aromatic heterocycles. The van der Waals surface area contributed by atoms with E-state index in [9.17, 15) is 0 Å². The van der Waals surface area contributed by atoms with Crippen LogP contribution in [0.4, 0.5) is 0 Å². The average molecular weight is 279 g/mol. The summed E-state index contributed by atoms with van der Waals surface area (Å²) in [6, 6.07) is 0. The van der Waals surface area contributed by atoms with E-state index in [-0.39, 0.29) is 0 Å². The highest BCUT2D eigenvalue weighted by molar-refractivity contribution is 8.54. The summed E-state index contributed by atoms with van der Waals surface area (Å²) in [6.07, 6.45) is 2.37. The molecule has 0 atom stereocenters. The Morgan fingerprint density at radius 2 is 1.75 bits per heavy atom. The molecule has 0 radical (unpaired) electrons. The Kier molecular flexibility index (Phi) is 5.94. The predicted molar refractivity (Wildman–Crippen MR) is 77.5 cm³/mol. The zero-order valence-electron chi connectivity index (χ0n) is 6.93. The van der Waals surface area contributed by atoms with Crippen LogP contribution in [-0.4, -0.2) is 30.5 Å². The molecule has 0 N–H and O–H groups in total. The molecule has 0 unspecified atom stereocenters. The lowest BCUT2D eigenvalue weighted by atomic mass is 11.7. The van der Waals surface area contributed by atoms with E-state index in [0.717, 1.165) is 14.1 Å². The fraction of sp³-hybridized carbons (Fsp3) is 1.00. The summed E-state index contributed by atoms with van der Waals surface area (Å²) < 4.78 is 0.772. The van der Waals surface area contributed by atoms with Gasteiger partial charge in [0.05, 0.1) is 3.91 Å². The van der Waals surface area contributed by atoms with Crippen molar-refractivity contribution in [1.82, 2.24) is 0 Å². The van der Waals surface area contributed by atoms with Crippen molar-refractivity contribution in [3.63, 3.8) is 0 Å². The molecule has 1 aliphatic heterocycles. The second-order valence-corrected chi connectivity index (χ2v) is 12.7. The van der Waals surface area contributed by atoms with Gasteiger partial charge in [-0.1, -0.05) is 0 Å². The Labute approximate surface area is 100 Å². The molecule has 12 heavy (non-hydrogen) atoms. The lowest BCUT2D eigenvalue weighted by Crippen LogP contribution is -2.16. The lowest BCUT2D eigenvalue weighted by Gasteiger charge is -2.41. The standard InChI is InChI=1S/C6H14S6/c1-12(2-7,3-8)6-10-4-9-5-11-6/h6-8H,2-5H2,1H3. The van der Waals surface area contributed by atoms with E-state index in [0.29, 0.717) is 0 Å². The molecule has 1 aliphatic rings. The van der Waals surface area contributed by atoms with Gasteiger partial charge in [-0.25, -0.2) is 10.0 Å². The van der Waals surface area contributed by atoms with Crippen LogP contribution in [0.5, 0.6) is 0 Å². The maximum absolute atomic E-state index is 4.45. The smallest absolute Gasteiger partial charge is 0.0834 e. The quantitative estimate of drug-likeness (QED) is 0.758. The number of rotatable bonds is 3. The minimum Gasteiger partial charge on any atom is -0.205 e. The van der Waals surface area contributed by atoms with Crippen molar-refractivity contribution in [2.75, 3.05) is 26.6 Å². The molecule has 0 aliphatic carbocycles. The van der Waals surface area contributed by atoms with Crippen molar-refractivity contribution >= 4 is 70.6 Å². The molecule has 74 valence electrons. The topological polar surface area (TPSA) is 0 Å². The summed E-state index contributed by atoms with van der Waals surface area (Å²) in [5.41, 5.74) is 0. The lowest BCUT2D eigenvalue weighted by molar-refractivity contribution is 1.80. The minimum absolute atomic E-state index is 0.576. The SMILES string of the molecule is CS(CS)(CS)C1SCSCS1. The molecule has 0 spiro atoms. The molecule has 1 heterocycles. The van der Waals surface area contributed by atoms with Crippen LogP contribution < -0.4 is 0 Å². The molecule has 6 heteroatoms. The molecule has 0 aromatic rings. The first-order chi connectivity index (χ1) is 5.73. The fourth-order valence-electron chi connectivity index (χ4n) is 0.781. The highest BCUT2D eigenvalue weighted by Gasteiger charge is 2.29. The largest absolute Gasteiger partial charge is 0.205 e. The Morgan fingerprint density at radius 1 is 1.25 bits per heavy atom. The molecule has 0 amide bonds. The first-order valence-electron chi connectivity index (χ1n) is 3.48. The average Bonchev–Trinajstić information content (AvgIpc) is 2.18. The molecule has 0 aromatic carbocycles. The monoisotopic (exact) mass is 278 g/mol. The van der Waals surface area contributed by atoms with E-state index < -0.39 is 10.0 Å². The zero-order chi connectivity index (χ0) is 9.03. The van der Waals surface area contributed by atoms with Crippen LogP contribution in [0.1, 0.15) is 0 Å². The molecule has 0 saturated carbocycles. The van der Waals surface area contributed by atoms with Crippen molar-refractivity contribution < 1.29 is 0 Å². The third-order valence-electron chi connectivity index (χ3n) is 1.63. The number of hydrogen-bond acceptors (Lipinski definition) is 5. The third kappa shape index (κ3) is 3.05. The maximum Gasteiger partial charge on any atom is 0.0834 e. The molecular formula is C6H14S6. The fourth-order valence-corrected chi connectivity index (χ4v) is 12.6. The first kappa shape index (κ1) is 12.2. The molecule has 1 saturated heterocycles. The molecule has 0 nitrogen and oxygen atoms in total. The summed E-state index contributed by atoms with van der Waals surface area (Å²) in [5.74, 6) is 0. The van der Waals surface area contributed by atoms with Crippen LogP contribution in [0.15, 0.2) is 0 Å². The van der Waals surface area contributed by atoms with Gasteiger partial charge >= 0.3 is 0 Å². The molecular weight excluding hydrogens is 264 g/mol. The second-order valence-electron chi connectivity index (χ2n) is 2.67. The third-order valence-corrected chi connectivity index (χ3v) is 14.7. The van der Waals surface area contributed by atoms with Crippen molar-refractivity contribution in [1.29, 1.82) is 0 Å². The van der Waals surface area contributed by atoms with E-state index in [1.807, 2.05) is 11.8 Å². The van der Waals surface area contributed by atoms with Crippen LogP contribution in [0, 0.1) is 0 Å². The highest BCUT2D eigenvalue weighted by Crippen LogP contribution is 2.61. The van der Waals surface area contributed by atoms with Crippen molar-refractivity contribution in [2.24, 2.45) is 0 Å². The molecule has 1 fully saturated rings. The molecule has 0 bridgehead atoms. The van der Waals surface area contributed by atoms with Gasteiger partial charge in [-0.2, -0.15) is 25.3 Å². The van der Waals surface area contributed by atoms with Crippen LogP contribution in [0.25, 0.3) is 0 Å². The van der Waals surface area contributed by atoms with Gasteiger partial charge in [0.1, 0.15) is 0 Å². The Hall–Kier alpha value is 2.10. The summed E-state index contributed by atoms with van der Waals surface area (Å²) in [6.45, 7) is 0. The van der Waals surface area contributed by atoms with Crippen LogP contribution >= 0.6 is 70.6 Å². The number of thiol groups is 2. The summed E-state index contributed by atoms with van der Waals surface area (Å²) >= 11 is 15.1. The highest BCUT2D eigenvalue weighted by atomic mass is 32.3. The maximum atomic E-state index is 4.45. The normalized spacial score (nSPS) is 22.6. The first-order valence-corrected chi connectivity index (χ1v) is 10.4. The zero-order valence-corrected chi connectivity index (χ0v) is 12.0. The van der Waals surface area contributed by atoms with Gasteiger partial charge in [-0.3, -0.25) is 0 Å². The van der Waals surface area contributed by atoms with Crippen LogP contribution in [0.3, 0.4) is 0 Å². The minimum atomic E-state index is -0.576. The van der Waals surface area contributed by atoms with Gasteiger partial charge in [-0.15, -0.1) is 35.3 Å². The second kappa shape index (κ2) is 5.85. The molecule has 1 rings (SSSR count). The van der Waals surface area contributed by atoms with E-state index in [2.05, 4.69) is 55.0 Å². The number of hydrogen-bond donors (Lipinski definition) is 2. The van der Waals surface area contributed by atoms with Gasteiger partial charge in [0, 0.05) is 20.3 Å². The van der Waals surface area contributed by atoms with Gasteiger partial charge in [-0.05, 0) is 6.26 Å². The summed E-state index contributed by atoms with van der Waals surface area (Å²) in [7, 11) is -0.576. The van der Waals surface area contributed by atoms with E-state index >= 15 is 0 Å². The van der Waals surface area contributed by atoms with Gasteiger partial charge in [0.2, 0.25) is 0 Å². The van der Waals surface area contributed by atoms with Crippen molar-refractivity contribution in [3.05, 3.63) is 0 Å². The number of thioether (sulfide) groups is 3. The van der Waals surface area contributed by atoms with Crippen molar-refractivity contribution in [3.8, 4) is 0 Å². The van der Waals surface area contributed by atoms with Gasteiger partial charge in [0.15, 0.2) is 0 Å². The van der Waals surface area contributed by atoms with Gasteiger partial charge in [0.25, 0.3) is 0 Å². The Balaban J connectivity index is 2.51. The van der Waals surface area contributed by atoms with Crippen LogP contribution in [0.2, 0.25) is 0 Å². The Morgan fingerprint density at radius 3 is 2.17 bits per heavy atom. The van der Waals surface area contributed by atoms with Crippen molar-refractivity contribution in [2.45, 2.75) is 3.91 Å².